The van der Waals surface area contributed by atoms with E-state index in [1.165, 1.54) is 32.8 Å². The third kappa shape index (κ3) is 3.50. The van der Waals surface area contributed by atoms with Gasteiger partial charge in [0.05, 0.1) is 19.3 Å². The SMILES string of the molecule is COC(=O)CC[C@@H](C)[C@H]1CC[C@H]2[C@@H]3[C@H](O)[C@@H](O)[C@@H]4C[C@H](C)CC[C@]4(C)[C@H]3C[C@H](C)[C@]12C. The Labute approximate surface area is 189 Å². The number of fused-ring (bicyclic) bond motifs is 5. The average molecular weight is 435 g/mol. The number of esters is 1. The lowest BCUT2D eigenvalue weighted by molar-refractivity contribution is -0.229. The number of aliphatic hydroxyl groups excluding tert-OH is 2. The number of rotatable bonds is 4. The van der Waals surface area contributed by atoms with Crippen molar-refractivity contribution in [3.8, 4) is 0 Å². The highest BCUT2D eigenvalue weighted by molar-refractivity contribution is 5.69. The van der Waals surface area contributed by atoms with Crippen molar-refractivity contribution in [1.82, 2.24) is 0 Å². The van der Waals surface area contributed by atoms with Crippen LogP contribution in [0.5, 0.6) is 0 Å². The number of hydrogen-bond acceptors (Lipinski definition) is 4. The first-order valence-electron chi connectivity index (χ1n) is 13.0. The van der Waals surface area contributed by atoms with Crippen LogP contribution in [0.15, 0.2) is 0 Å². The lowest BCUT2D eigenvalue weighted by atomic mass is 9.41. The van der Waals surface area contributed by atoms with Gasteiger partial charge in [0.15, 0.2) is 0 Å². The van der Waals surface area contributed by atoms with E-state index in [2.05, 4.69) is 34.6 Å². The molecule has 0 unspecified atom stereocenters. The normalized spacial score (nSPS) is 52.6. The molecule has 4 aliphatic rings. The van der Waals surface area contributed by atoms with Gasteiger partial charge in [0.2, 0.25) is 0 Å². The number of carbonyl (C=O) groups excluding carboxylic acids is 1. The first-order chi connectivity index (χ1) is 14.6. The maximum absolute atomic E-state index is 11.7. The molecule has 4 nitrogen and oxygen atoms in total. The quantitative estimate of drug-likeness (QED) is 0.607. The van der Waals surface area contributed by atoms with Crippen molar-refractivity contribution in [2.75, 3.05) is 7.11 Å². The van der Waals surface area contributed by atoms with Crippen molar-refractivity contribution in [3.63, 3.8) is 0 Å². The van der Waals surface area contributed by atoms with E-state index >= 15 is 0 Å². The fourth-order valence-corrected chi connectivity index (χ4v) is 9.42. The monoisotopic (exact) mass is 434 g/mol. The van der Waals surface area contributed by atoms with E-state index in [9.17, 15) is 15.0 Å². The van der Waals surface area contributed by atoms with Crippen molar-refractivity contribution < 1.29 is 19.7 Å². The van der Waals surface area contributed by atoms with Gasteiger partial charge >= 0.3 is 5.97 Å². The molecule has 0 heterocycles. The van der Waals surface area contributed by atoms with Crippen molar-refractivity contribution in [1.29, 1.82) is 0 Å². The van der Waals surface area contributed by atoms with Gasteiger partial charge in [-0.25, -0.2) is 0 Å². The largest absolute Gasteiger partial charge is 0.469 e. The van der Waals surface area contributed by atoms with Gasteiger partial charge in [0.1, 0.15) is 0 Å². The Morgan fingerprint density at radius 1 is 1.03 bits per heavy atom. The Bertz CT molecular complexity index is 678. The fourth-order valence-electron chi connectivity index (χ4n) is 9.42. The summed E-state index contributed by atoms with van der Waals surface area (Å²) in [6, 6.07) is 0. The van der Waals surface area contributed by atoms with E-state index in [0.717, 1.165) is 19.3 Å². The summed E-state index contributed by atoms with van der Waals surface area (Å²) in [7, 11) is 1.47. The minimum absolute atomic E-state index is 0.111. The first kappa shape index (κ1) is 23.5. The van der Waals surface area contributed by atoms with Crippen LogP contribution in [-0.4, -0.2) is 35.5 Å². The van der Waals surface area contributed by atoms with Gasteiger partial charge in [0, 0.05) is 6.42 Å². The van der Waals surface area contributed by atoms with Crippen molar-refractivity contribution in [3.05, 3.63) is 0 Å². The molecule has 178 valence electrons. The third-order valence-corrected chi connectivity index (χ3v) is 11.4. The molecule has 4 rings (SSSR count). The molecule has 0 aromatic heterocycles. The minimum atomic E-state index is -0.589. The molecular weight excluding hydrogens is 388 g/mol. The Morgan fingerprint density at radius 3 is 2.42 bits per heavy atom. The molecule has 2 N–H and O–H groups in total. The van der Waals surface area contributed by atoms with Gasteiger partial charge in [-0.2, -0.15) is 0 Å². The Morgan fingerprint density at radius 2 is 1.74 bits per heavy atom. The lowest BCUT2D eigenvalue weighted by Gasteiger charge is -2.65. The van der Waals surface area contributed by atoms with Crippen LogP contribution in [0.1, 0.15) is 86.0 Å². The molecule has 0 amide bonds. The second-order valence-corrected chi connectivity index (χ2v) is 12.5. The molecule has 4 aliphatic carbocycles. The van der Waals surface area contributed by atoms with E-state index in [1.54, 1.807) is 0 Å². The predicted octanol–water partition coefficient (Wildman–Crippen LogP) is 5.06. The summed E-state index contributed by atoms with van der Waals surface area (Å²) >= 11 is 0. The maximum atomic E-state index is 11.7. The predicted molar refractivity (Wildman–Crippen MR) is 122 cm³/mol. The third-order valence-electron chi connectivity index (χ3n) is 11.4. The van der Waals surface area contributed by atoms with Gasteiger partial charge in [-0.3, -0.25) is 4.79 Å². The molecule has 0 saturated heterocycles. The molecule has 12 atom stereocenters. The number of carbonyl (C=O) groups is 1. The van der Waals surface area contributed by atoms with Crippen LogP contribution in [0, 0.1) is 58.2 Å². The highest BCUT2D eigenvalue weighted by Gasteiger charge is 2.66. The van der Waals surface area contributed by atoms with Crippen molar-refractivity contribution in [2.24, 2.45) is 58.2 Å². The molecule has 0 aromatic carbocycles. The van der Waals surface area contributed by atoms with Gasteiger partial charge in [0.25, 0.3) is 0 Å². The summed E-state index contributed by atoms with van der Waals surface area (Å²) < 4.78 is 4.88. The van der Waals surface area contributed by atoms with E-state index in [-0.39, 0.29) is 28.6 Å². The number of methoxy groups -OCH3 is 1. The summed E-state index contributed by atoms with van der Waals surface area (Å²) in [6.45, 7) is 12.0. The van der Waals surface area contributed by atoms with E-state index in [0.29, 0.717) is 41.9 Å². The van der Waals surface area contributed by atoms with Gasteiger partial charge in [-0.15, -0.1) is 0 Å². The zero-order valence-electron chi connectivity index (χ0n) is 20.6. The molecule has 4 heteroatoms. The molecular formula is C27H46O4. The summed E-state index contributed by atoms with van der Waals surface area (Å²) in [4.78, 5) is 11.7. The van der Waals surface area contributed by atoms with Gasteiger partial charge < -0.3 is 14.9 Å². The zero-order valence-corrected chi connectivity index (χ0v) is 20.6. The van der Waals surface area contributed by atoms with Gasteiger partial charge in [-0.1, -0.05) is 41.0 Å². The molecule has 31 heavy (non-hydrogen) atoms. The van der Waals surface area contributed by atoms with Crippen molar-refractivity contribution in [2.45, 2.75) is 98.2 Å². The van der Waals surface area contributed by atoms with Crippen LogP contribution in [-0.2, 0) is 9.53 Å². The highest BCUT2D eigenvalue weighted by Crippen LogP contribution is 2.70. The van der Waals surface area contributed by atoms with Crippen LogP contribution >= 0.6 is 0 Å². The van der Waals surface area contributed by atoms with Gasteiger partial charge in [-0.05, 0) is 96.7 Å². The molecule has 0 radical (unpaired) electrons. The van der Waals surface area contributed by atoms with Crippen LogP contribution < -0.4 is 0 Å². The lowest BCUT2D eigenvalue weighted by Crippen LogP contribution is -2.65. The summed E-state index contributed by atoms with van der Waals surface area (Å²) in [5, 5.41) is 22.8. The summed E-state index contributed by atoms with van der Waals surface area (Å²) in [6.07, 6.45) is 7.20. The molecule has 0 bridgehead atoms. The number of aliphatic hydroxyl groups is 2. The second-order valence-electron chi connectivity index (χ2n) is 12.5. The van der Waals surface area contributed by atoms with E-state index < -0.39 is 12.2 Å². The standard InChI is InChI=1S/C27H46O4/c1-15-11-12-26(4)20-14-17(3)27(5)18(16(2)7-10-22(28)31-6)8-9-19(27)23(20)25(30)24(29)21(26)13-15/h15-21,23-25,29-30H,7-14H2,1-6H3/t15-,16-,17+,18-,19+,20+,21+,23+,24+,25+,26-,27-/m1/s1. The van der Waals surface area contributed by atoms with E-state index in [1.807, 2.05) is 0 Å². The van der Waals surface area contributed by atoms with Crippen LogP contribution in [0.2, 0.25) is 0 Å². The number of ether oxygens (including phenoxy) is 1. The summed E-state index contributed by atoms with van der Waals surface area (Å²) in [5.74, 6) is 3.61. The molecule has 4 saturated carbocycles. The minimum Gasteiger partial charge on any atom is -0.469 e. The maximum Gasteiger partial charge on any atom is 0.305 e. The Balaban J connectivity index is 1.61. The smallest absolute Gasteiger partial charge is 0.305 e. The Kier molecular flexibility index (Phi) is 6.31. The first-order valence-corrected chi connectivity index (χ1v) is 13.0. The van der Waals surface area contributed by atoms with Crippen molar-refractivity contribution >= 4 is 5.97 Å². The van der Waals surface area contributed by atoms with Crippen LogP contribution in [0.4, 0.5) is 0 Å². The zero-order chi connectivity index (χ0) is 22.7. The summed E-state index contributed by atoms with van der Waals surface area (Å²) in [5.41, 5.74) is 0.322. The topological polar surface area (TPSA) is 66.8 Å². The molecule has 0 aliphatic heterocycles. The van der Waals surface area contributed by atoms with E-state index in [4.69, 9.17) is 4.74 Å². The molecule has 0 spiro atoms. The molecule has 4 fully saturated rings. The second kappa shape index (κ2) is 8.31. The highest BCUT2D eigenvalue weighted by atomic mass is 16.5. The number of hydrogen-bond donors (Lipinski definition) is 2. The molecule has 0 aromatic rings. The Hall–Kier alpha value is -0.610. The fraction of sp³-hybridized carbons (Fsp3) is 0.963. The van der Waals surface area contributed by atoms with Crippen LogP contribution in [0.3, 0.4) is 0 Å². The van der Waals surface area contributed by atoms with Crippen LogP contribution in [0.25, 0.3) is 0 Å². The average Bonchev–Trinajstić information content (AvgIpc) is 3.10.